The van der Waals surface area contributed by atoms with E-state index in [-0.39, 0.29) is 12.6 Å². The average molecular weight is 471 g/mol. The summed E-state index contributed by atoms with van der Waals surface area (Å²) in [4.78, 5) is 23.4. The van der Waals surface area contributed by atoms with Crippen LogP contribution in [0.5, 0.6) is 0 Å². The first-order valence-electron chi connectivity index (χ1n) is 13.6. The van der Waals surface area contributed by atoms with Gasteiger partial charge in [-0.2, -0.15) is 0 Å². The van der Waals surface area contributed by atoms with Crippen LogP contribution in [0.2, 0.25) is 0 Å². The third-order valence-corrected chi connectivity index (χ3v) is 5.53. The molecule has 0 spiro atoms. The highest BCUT2D eigenvalue weighted by Crippen LogP contribution is 2.13. The summed E-state index contributed by atoms with van der Waals surface area (Å²) in [5, 5.41) is 5.43. The van der Waals surface area contributed by atoms with Crippen molar-refractivity contribution in [1.29, 1.82) is 0 Å². The second-order valence-corrected chi connectivity index (χ2v) is 10.4. The predicted octanol–water partition coefficient (Wildman–Crippen LogP) is 7.89. The molecule has 1 unspecified atom stereocenters. The summed E-state index contributed by atoms with van der Waals surface area (Å²) >= 11 is 0. The van der Waals surface area contributed by atoms with E-state index >= 15 is 0 Å². The predicted molar refractivity (Wildman–Crippen MR) is 138 cm³/mol. The maximum absolute atomic E-state index is 11.7. The maximum atomic E-state index is 11.7. The van der Waals surface area contributed by atoms with Crippen LogP contribution >= 0.6 is 0 Å². The van der Waals surface area contributed by atoms with Crippen molar-refractivity contribution in [3.8, 4) is 0 Å². The molecule has 0 aromatic carbocycles. The van der Waals surface area contributed by atoms with Crippen molar-refractivity contribution in [2.75, 3.05) is 13.2 Å². The van der Waals surface area contributed by atoms with Gasteiger partial charge in [-0.1, -0.05) is 103 Å². The van der Waals surface area contributed by atoms with Gasteiger partial charge >= 0.3 is 12.2 Å². The van der Waals surface area contributed by atoms with E-state index in [0.717, 1.165) is 12.8 Å². The zero-order chi connectivity index (χ0) is 24.8. The Morgan fingerprint density at radius 3 is 1.55 bits per heavy atom. The van der Waals surface area contributed by atoms with Gasteiger partial charge in [0.15, 0.2) is 0 Å². The lowest BCUT2D eigenvalue weighted by Crippen LogP contribution is -2.41. The highest BCUT2D eigenvalue weighted by molar-refractivity contribution is 5.68. The standard InChI is InChI=1S/C27H54N2O4/c1-6-7-8-9-10-11-12-13-14-15-16-17-18-19-20-21-22-28-25(30)32-23-24(2)29-26(31)33-27(3,4)5/h24H,6-23H2,1-5H3,(H,28,30)(H,29,31). The van der Waals surface area contributed by atoms with E-state index in [4.69, 9.17) is 9.47 Å². The number of alkyl carbamates (subject to hydrolysis) is 2. The average Bonchev–Trinajstić information content (AvgIpc) is 2.73. The van der Waals surface area contributed by atoms with Crippen molar-refractivity contribution < 1.29 is 19.1 Å². The second-order valence-electron chi connectivity index (χ2n) is 10.4. The number of unbranched alkanes of at least 4 members (excludes halogenated alkanes) is 15. The van der Waals surface area contributed by atoms with E-state index < -0.39 is 17.8 Å². The molecule has 196 valence electrons. The molecule has 6 nitrogen and oxygen atoms in total. The Labute approximate surface area is 204 Å². The SMILES string of the molecule is CCCCCCCCCCCCCCCCCCNC(=O)OCC(C)NC(=O)OC(C)(C)C. The van der Waals surface area contributed by atoms with Crippen molar-refractivity contribution >= 4 is 12.2 Å². The van der Waals surface area contributed by atoms with Crippen LogP contribution in [0.4, 0.5) is 9.59 Å². The summed E-state index contributed by atoms with van der Waals surface area (Å²) in [7, 11) is 0. The van der Waals surface area contributed by atoms with Crippen molar-refractivity contribution in [2.24, 2.45) is 0 Å². The molecule has 0 bridgehead atoms. The minimum atomic E-state index is -0.547. The lowest BCUT2D eigenvalue weighted by atomic mass is 10.0. The van der Waals surface area contributed by atoms with Gasteiger partial charge in [0, 0.05) is 6.54 Å². The Hall–Kier alpha value is -1.46. The van der Waals surface area contributed by atoms with E-state index in [2.05, 4.69) is 17.6 Å². The van der Waals surface area contributed by atoms with Crippen molar-refractivity contribution in [2.45, 2.75) is 149 Å². The van der Waals surface area contributed by atoms with Gasteiger partial charge in [0.05, 0.1) is 6.04 Å². The van der Waals surface area contributed by atoms with E-state index in [1.807, 2.05) is 0 Å². The molecule has 1 atom stereocenters. The summed E-state index contributed by atoms with van der Waals surface area (Å²) in [6.45, 7) is 10.2. The molecule has 0 radical (unpaired) electrons. The minimum Gasteiger partial charge on any atom is -0.447 e. The fourth-order valence-corrected chi connectivity index (χ4v) is 3.67. The Morgan fingerprint density at radius 2 is 1.12 bits per heavy atom. The number of rotatable bonds is 20. The molecule has 0 saturated carbocycles. The topological polar surface area (TPSA) is 76.7 Å². The molecule has 0 aromatic heterocycles. The zero-order valence-corrected chi connectivity index (χ0v) is 22.4. The van der Waals surface area contributed by atoms with Crippen LogP contribution in [0, 0.1) is 0 Å². The van der Waals surface area contributed by atoms with Gasteiger partial charge in [0.25, 0.3) is 0 Å². The first kappa shape index (κ1) is 31.5. The summed E-state index contributed by atoms with van der Waals surface area (Å²) < 4.78 is 10.3. The molecule has 0 heterocycles. The summed E-state index contributed by atoms with van der Waals surface area (Å²) in [5.41, 5.74) is -0.547. The largest absolute Gasteiger partial charge is 0.447 e. The van der Waals surface area contributed by atoms with Crippen LogP contribution in [0.3, 0.4) is 0 Å². The molecule has 0 aliphatic heterocycles. The van der Waals surface area contributed by atoms with Gasteiger partial charge < -0.3 is 20.1 Å². The van der Waals surface area contributed by atoms with E-state index in [1.165, 1.54) is 89.9 Å². The third kappa shape index (κ3) is 25.0. The number of ether oxygens (including phenoxy) is 2. The van der Waals surface area contributed by atoms with Crippen molar-refractivity contribution in [3.63, 3.8) is 0 Å². The lowest BCUT2D eigenvalue weighted by molar-refractivity contribution is 0.0479. The monoisotopic (exact) mass is 470 g/mol. The quantitative estimate of drug-likeness (QED) is 0.177. The summed E-state index contributed by atoms with van der Waals surface area (Å²) in [5.74, 6) is 0. The smallest absolute Gasteiger partial charge is 0.407 e. The number of carbonyl (C=O) groups is 2. The maximum Gasteiger partial charge on any atom is 0.407 e. The molecule has 0 fully saturated rings. The third-order valence-electron chi connectivity index (χ3n) is 5.53. The van der Waals surface area contributed by atoms with Gasteiger partial charge in [-0.25, -0.2) is 9.59 Å². The number of hydrogen-bond donors (Lipinski definition) is 2. The molecule has 6 heteroatoms. The normalized spacial score (nSPS) is 12.3. The van der Waals surface area contributed by atoms with E-state index in [1.54, 1.807) is 27.7 Å². The Kier molecular flexibility index (Phi) is 20.2. The van der Waals surface area contributed by atoms with Gasteiger partial charge in [0.2, 0.25) is 0 Å². The molecule has 2 N–H and O–H groups in total. The molecular formula is C27H54N2O4. The first-order valence-corrected chi connectivity index (χ1v) is 13.6. The Balaban J connectivity index is 3.36. The fourth-order valence-electron chi connectivity index (χ4n) is 3.67. The molecule has 33 heavy (non-hydrogen) atoms. The molecule has 0 aliphatic rings. The summed E-state index contributed by atoms with van der Waals surface area (Å²) in [6.07, 6.45) is 20.4. The highest BCUT2D eigenvalue weighted by Gasteiger charge is 2.18. The van der Waals surface area contributed by atoms with Crippen LogP contribution in [0.1, 0.15) is 137 Å². The Bertz CT molecular complexity index is 477. The lowest BCUT2D eigenvalue weighted by Gasteiger charge is -2.21. The first-order chi connectivity index (χ1) is 15.7. The molecule has 0 aliphatic carbocycles. The molecule has 2 amide bonds. The van der Waals surface area contributed by atoms with Crippen LogP contribution in [0.25, 0.3) is 0 Å². The van der Waals surface area contributed by atoms with E-state index in [0.29, 0.717) is 6.54 Å². The fraction of sp³-hybridized carbons (Fsp3) is 0.926. The van der Waals surface area contributed by atoms with Gasteiger partial charge in [-0.15, -0.1) is 0 Å². The molecule has 0 aromatic rings. The van der Waals surface area contributed by atoms with Crippen LogP contribution in [-0.2, 0) is 9.47 Å². The molecule has 0 saturated heterocycles. The highest BCUT2D eigenvalue weighted by atomic mass is 16.6. The van der Waals surface area contributed by atoms with Crippen molar-refractivity contribution in [3.05, 3.63) is 0 Å². The van der Waals surface area contributed by atoms with Gasteiger partial charge in [-0.05, 0) is 34.1 Å². The van der Waals surface area contributed by atoms with Gasteiger partial charge in [0.1, 0.15) is 12.2 Å². The second kappa shape index (κ2) is 21.1. The van der Waals surface area contributed by atoms with Crippen LogP contribution in [0.15, 0.2) is 0 Å². The van der Waals surface area contributed by atoms with Crippen LogP contribution < -0.4 is 10.6 Å². The zero-order valence-electron chi connectivity index (χ0n) is 22.4. The Morgan fingerprint density at radius 1 is 0.697 bits per heavy atom. The van der Waals surface area contributed by atoms with Crippen molar-refractivity contribution in [1.82, 2.24) is 10.6 Å². The minimum absolute atomic E-state index is 0.115. The number of carbonyl (C=O) groups excluding carboxylic acids is 2. The van der Waals surface area contributed by atoms with Gasteiger partial charge in [-0.3, -0.25) is 0 Å². The van der Waals surface area contributed by atoms with Crippen LogP contribution in [-0.4, -0.2) is 37.0 Å². The summed E-state index contributed by atoms with van der Waals surface area (Å²) in [6, 6.07) is -0.304. The number of hydrogen-bond acceptors (Lipinski definition) is 4. The number of amides is 2. The van der Waals surface area contributed by atoms with E-state index in [9.17, 15) is 9.59 Å². The molecular weight excluding hydrogens is 416 g/mol. The number of nitrogens with one attached hydrogen (secondary N) is 2. The molecule has 0 rings (SSSR count).